The highest BCUT2D eigenvalue weighted by Gasteiger charge is 2.04. The average molecular weight is 237 g/mol. The fourth-order valence-electron chi connectivity index (χ4n) is 0.793. The van der Waals surface area contributed by atoms with Gasteiger partial charge in [0.25, 0.3) is 0 Å². The molecule has 1 nitrogen and oxygen atoms in total. The number of aryl methyl sites for hydroxylation is 1. The van der Waals surface area contributed by atoms with Crippen LogP contribution in [0.5, 0.6) is 5.75 Å². The van der Waals surface area contributed by atoms with E-state index < -0.39 is 6.61 Å². The Labute approximate surface area is 77.5 Å². The van der Waals surface area contributed by atoms with Crippen molar-refractivity contribution in [1.82, 2.24) is 0 Å². The molecule has 0 aliphatic carbocycles. The fourth-order valence-corrected chi connectivity index (χ4v) is 1.04. The molecule has 4 heteroatoms. The zero-order chi connectivity index (χ0) is 9.14. The van der Waals surface area contributed by atoms with Crippen LogP contribution in [0.25, 0.3) is 0 Å². The molecule has 0 bridgehead atoms. The summed E-state index contributed by atoms with van der Waals surface area (Å²) in [6.45, 7) is -0.951. The summed E-state index contributed by atoms with van der Waals surface area (Å²) >= 11 is 3.25. The van der Waals surface area contributed by atoms with Crippen LogP contribution in [0.4, 0.5) is 8.78 Å². The van der Waals surface area contributed by atoms with Crippen LogP contribution in [0.15, 0.2) is 22.7 Å². The minimum Gasteiger partial charge on any atom is -0.435 e. The predicted octanol–water partition coefficient (Wildman–Crippen LogP) is 3.36. The van der Waals surface area contributed by atoms with Gasteiger partial charge in [-0.1, -0.05) is 15.9 Å². The Balaban J connectivity index is 2.82. The van der Waals surface area contributed by atoms with Gasteiger partial charge in [-0.05, 0) is 30.7 Å². The van der Waals surface area contributed by atoms with Crippen LogP contribution in [0.3, 0.4) is 0 Å². The SMILES string of the molecule is Cc1cc(OC(F)F)ccc1Br. The van der Waals surface area contributed by atoms with E-state index in [1.165, 1.54) is 6.07 Å². The van der Waals surface area contributed by atoms with Gasteiger partial charge < -0.3 is 4.74 Å². The third kappa shape index (κ3) is 2.44. The monoisotopic (exact) mass is 236 g/mol. The van der Waals surface area contributed by atoms with Gasteiger partial charge in [0.15, 0.2) is 0 Å². The second-order valence-electron chi connectivity index (χ2n) is 2.29. The molecule has 0 N–H and O–H groups in total. The second kappa shape index (κ2) is 3.85. The number of alkyl halides is 2. The molecule has 12 heavy (non-hydrogen) atoms. The Kier molecular flexibility index (Phi) is 3.03. The standard InChI is InChI=1S/C8H7BrF2O/c1-5-4-6(12-8(10)11)2-3-7(5)9/h2-4,8H,1H3. The van der Waals surface area contributed by atoms with Gasteiger partial charge in [0.05, 0.1) is 0 Å². The Hall–Kier alpha value is -0.640. The molecule has 1 aromatic carbocycles. The summed E-state index contributed by atoms with van der Waals surface area (Å²) in [7, 11) is 0. The number of hydrogen-bond donors (Lipinski definition) is 0. The van der Waals surface area contributed by atoms with Crippen LogP contribution in [0, 0.1) is 6.92 Å². The van der Waals surface area contributed by atoms with Gasteiger partial charge in [0.2, 0.25) is 0 Å². The molecule has 0 aliphatic rings. The van der Waals surface area contributed by atoms with Gasteiger partial charge in [0.1, 0.15) is 5.75 Å². The zero-order valence-electron chi connectivity index (χ0n) is 6.35. The molecule has 0 saturated heterocycles. The zero-order valence-corrected chi connectivity index (χ0v) is 7.94. The summed E-state index contributed by atoms with van der Waals surface area (Å²) in [4.78, 5) is 0. The molecular weight excluding hydrogens is 230 g/mol. The van der Waals surface area contributed by atoms with E-state index in [0.717, 1.165) is 10.0 Å². The van der Waals surface area contributed by atoms with Crippen LogP contribution in [-0.4, -0.2) is 6.61 Å². The molecule has 0 fully saturated rings. The Morgan fingerprint density at radius 1 is 1.42 bits per heavy atom. The Bertz CT molecular complexity index is 276. The van der Waals surface area contributed by atoms with Crippen molar-refractivity contribution in [2.75, 3.05) is 0 Å². The quantitative estimate of drug-likeness (QED) is 0.766. The minimum absolute atomic E-state index is 0.186. The molecule has 0 atom stereocenters. The van der Waals surface area contributed by atoms with Crippen LogP contribution in [-0.2, 0) is 0 Å². The predicted molar refractivity (Wildman–Crippen MR) is 45.5 cm³/mol. The normalized spacial score (nSPS) is 10.4. The Morgan fingerprint density at radius 3 is 2.58 bits per heavy atom. The lowest BCUT2D eigenvalue weighted by Crippen LogP contribution is -2.01. The highest BCUT2D eigenvalue weighted by molar-refractivity contribution is 9.10. The van der Waals surface area contributed by atoms with Crippen LogP contribution in [0.1, 0.15) is 5.56 Å². The van der Waals surface area contributed by atoms with Gasteiger partial charge >= 0.3 is 6.61 Å². The van der Waals surface area contributed by atoms with Crippen LogP contribution >= 0.6 is 15.9 Å². The first-order chi connectivity index (χ1) is 5.59. The van der Waals surface area contributed by atoms with E-state index in [-0.39, 0.29) is 5.75 Å². The fraction of sp³-hybridized carbons (Fsp3) is 0.250. The third-order valence-corrected chi connectivity index (χ3v) is 2.24. The van der Waals surface area contributed by atoms with E-state index in [9.17, 15) is 8.78 Å². The maximum atomic E-state index is 11.7. The molecule has 0 heterocycles. The van der Waals surface area contributed by atoms with Crippen molar-refractivity contribution in [1.29, 1.82) is 0 Å². The summed E-state index contributed by atoms with van der Waals surface area (Å²) in [6.07, 6.45) is 0. The molecule has 0 amide bonds. The van der Waals surface area contributed by atoms with E-state index in [4.69, 9.17) is 0 Å². The van der Waals surface area contributed by atoms with Gasteiger partial charge in [-0.25, -0.2) is 0 Å². The van der Waals surface area contributed by atoms with Crippen molar-refractivity contribution in [3.05, 3.63) is 28.2 Å². The minimum atomic E-state index is -2.76. The Morgan fingerprint density at radius 2 is 2.08 bits per heavy atom. The van der Waals surface area contributed by atoms with Gasteiger partial charge in [0, 0.05) is 4.47 Å². The first-order valence-electron chi connectivity index (χ1n) is 3.30. The van der Waals surface area contributed by atoms with Crippen molar-refractivity contribution >= 4 is 15.9 Å². The highest BCUT2D eigenvalue weighted by Crippen LogP contribution is 2.22. The number of rotatable bonds is 2. The van der Waals surface area contributed by atoms with Crippen molar-refractivity contribution in [3.8, 4) is 5.75 Å². The van der Waals surface area contributed by atoms with Gasteiger partial charge in [-0.3, -0.25) is 0 Å². The van der Waals surface area contributed by atoms with Crippen molar-refractivity contribution in [2.24, 2.45) is 0 Å². The molecule has 1 aromatic rings. The third-order valence-electron chi connectivity index (χ3n) is 1.35. The summed E-state index contributed by atoms with van der Waals surface area (Å²) in [6, 6.07) is 4.71. The van der Waals surface area contributed by atoms with Gasteiger partial charge in [-0.15, -0.1) is 0 Å². The van der Waals surface area contributed by atoms with Crippen LogP contribution in [0.2, 0.25) is 0 Å². The van der Waals surface area contributed by atoms with E-state index >= 15 is 0 Å². The molecular formula is C8H7BrF2O. The van der Waals surface area contributed by atoms with E-state index in [1.54, 1.807) is 12.1 Å². The summed E-state index contributed by atoms with van der Waals surface area (Å²) in [5.41, 5.74) is 0.869. The highest BCUT2D eigenvalue weighted by atomic mass is 79.9. The van der Waals surface area contributed by atoms with Gasteiger partial charge in [-0.2, -0.15) is 8.78 Å². The van der Waals surface area contributed by atoms with E-state index in [2.05, 4.69) is 20.7 Å². The lowest BCUT2D eigenvalue weighted by Gasteiger charge is -2.05. The molecule has 0 spiro atoms. The smallest absolute Gasteiger partial charge is 0.387 e. The number of ether oxygens (including phenoxy) is 1. The van der Waals surface area contributed by atoms with Crippen LogP contribution < -0.4 is 4.74 Å². The lowest BCUT2D eigenvalue weighted by molar-refractivity contribution is -0.0498. The number of benzene rings is 1. The number of hydrogen-bond acceptors (Lipinski definition) is 1. The van der Waals surface area contributed by atoms with Crippen molar-refractivity contribution in [3.63, 3.8) is 0 Å². The van der Waals surface area contributed by atoms with Crippen molar-refractivity contribution < 1.29 is 13.5 Å². The molecule has 0 unspecified atom stereocenters. The molecule has 0 aromatic heterocycles. The molecule has 66 valence electrons. The number of halogens is 3. The summed E-state index contributed by atoms with van der Waals surface area (Å²) < 4.78 is 28.5. The average Bonchev–Trinajstić information content (AvgIpc) is 1.96. The second-order valence-corrected chi connectivity index (χ2v) is 3.14. The summed E-state index contributed by atoms with van der Waals surface area (Å²) in [5.74, 6) is 0.186. The topological polar surface area (TPSA) is 9.23 Å². The van der Waals surface area contributed by atoms with Crippen molar-refractivity contribution in [2.45, 2.75) is 13.5 Å². The maximum Gasteiger partial charge on any atom is 0.387 e. The molecule has 0 saturated carbocycles. The summed E-state index contributed by atoms with van der Waals surface area (Å²) in [5, 5.41) is 0. The van der Waals surface area contributed by atoms with E-state index in [0.29, 0.717) is 0 Å². The van der Waals surface area contributed by atoms with E-state index in [1.807, 2.05) is 6.92 Å². The molecule has 1 rings (SSSR count). The first-order valence-corrected chi connectivity index (χ1v) is 4.10. The largest absolute Gasteiger partial charge is 0.435 e. The maximum absolute atomic E-state index is 11.7. The lowest BCUT2D eigenvalue weighted by atomic mass is 10.2. The molecule has 0 aliphatic heterocycles. The molecule has 0 radical (unpaired) electrons. The first kappa shape index (κ1) is 9.45.